The molecule has 1 aromatic rings. The van der Waals surface area contributed by atoms with Crippen molar-refractivity contribution in [2.75, 3.05) is 19.8 Å². The molecular formula is C19H23F3N2O6S. The Morgan fingerprint density at radius 3 is 2.61 bits per heavy atom. The molecule has 3 atom stereocenters. The molecule has 0 amide bonds. The highest BCUT2D eigenvalue weighted by Gasteiger charge is 2.40. The van der Waals surface area contributed by atoms with Crippen molar-refractivity contribution in [3.8, 4) is 12.3 Å². The van der Waals surface area contributed by atoms with Gasteiger partial charge in [-0.15, -0.1) is 6.42 Å². The Morgan fingerprint density at radius 2 is 2.03 bits per heavy atom. The minimum Gasteiger partial charge on any atom is -0.456 e. The van der Waals surface area contributed by atoms with Gasteiger partial charge in [-0.3, -0.25) is 14.3 Å². The highest BCUT2D eigenvalue weighted by Crippen LogP contribution is 2.32. The minimum atomic E-state index is -4.94. The fraction of sp³-hybridized carbons (Fsp3) is 0.632. The molecule has 0 bridgehead atoms. The summed E-state index contributed by atoms with van der Waals surface area (Å²) in [6.07, 6.45) is -1.97. The van der Waals surface area contributed by atoms with Crippen molar-refractivity contribution in [3.05, 3.63) is 32.6 Å². The molecule has 1 aliphatic heterocycles. The molecule has 0 aliphatic carbocycles. The predicted octanol–water partition coefficient (Wildman–Crippen LogP) is 2.23. The van der Waals surface area contributed by atoms with Gasteiger partial charge in [0.25, 0.3) is 5.56 Å². The van der Waals surface area contributed by atoms with Crippen LogP contribution in [0.4, 0.5) is 13.2 Å². The van der Waals surface area contributed by atoms with E-state index in [0.29, 0.717) is 17.4 Å². The lowest BCUT2D eigenvalue weighted by molar-refractivity contribution is -0.139. The van der Waals surface area contributed by atoms with E-state index >= 15 is 0 Å². The zero-order valence-corrected chi connectivity index (χ0v) is 18.0. The van der Waals surface area contributed by atoms with Crippen LogP contribution in [0.2, 0.25) is 0 Å². The number of alkyl halides is 3. The Kier molecular flexibility index (Phi) is 7.91. The minimum absolute atomic E-state index is 0.00539. The predicted molar refractivity (Wildman–Crippen MR) is 107 cm³/mol. The first-order valence-electron chi connectivity index (χ1n) is 9.24. The number of aromatic amines is 1. The molecule has 8 nitrogen and oxygen atoms in total. The van der Waals surface area contributed by atoms with Crippen LogP contribution in [0, 0.1) is 17.8 Å². The van der Waals surface area contributed by atoms with Crippen LogP contribution in [-0.4, -0.2) is 46.8 Å². The lowest BCUT2D eigenvalue weighted by Gasteiger charge is -2.21. The summed E-state index contributed by atoms with van der Waals surface area (Å²) in [6, 6.07) is 0. The molecule has 1 aromatic heterocycles. The van der Waals surface area contributed by atoms with E-state index in [-0.39, 0.29) is 30.3 Å². The molecule has 31 heavy (non-hydrogen) atoms. The molecule has 0 radical (unpaired) electrons. The quantitative estimate of drug-likeness (QED) is 0.510. The van der Waals surface area contributed by atoms with Gasteiger partial charge in [-0.05, 0) is 5.41 Å². The van der Waals surface area contributed by atoms with Crippen LogP contribution in [-0.2, 0) is 25.1 Å². The number of hydrogen-bond acceptors (Lipinski definition) is 7. The summed E-state index contributed by atoms with van der Waals surface area (Å²) in [6.45, 7) is 5.92. The first-order chi connectivity index (χ1) is 14.3. The SMILES string of the molecule is C#CCO[C@H]1C[C@H](n2cc(C(F)(F)F)c(=O)[nH]c2=O)O[C@@H]1COC(=S)OCC(C)(C)C. The molecule has 0 unspecified atom stereocenters. The molecule has 1 N–H and O–H groups in total. The highest BCUT2D eigenvalue weighted by atomic mass is 32.1. The second kappa shape index (κ2) is 9.84. The van der Waals surface area contributed by atoms with Gasteiger partial charge in [0.2, 0.25) is 0 Å². The average molecular weight is 464 g/mol. The van der Waals surface area contributed by atoms with Gasteiger partial charge in [-0.1, -0.05) is 26.7 Å². The van der Waals surface area contributed by atoms with Crippen molar-refractivity contribution < 1.29 is 32.1 Å². The number of hydrogen-bond donors (Lipinski definition) is 1. The number of rotatable bonds is 6. The van der Waals surface area contributed by atoms with E-state index in [1.807, 2.05) is 20.8 Å². The first-order valence-corrected chi connectivity index (χ1v) is 9.65. The molecule has 1 aliphatic rings. The third-order valence-corrected chi connectivity index (χ3v) is 4.37. The van der Waals surface area contributed by atoms with E-state index in [1.165, 1.54) is 0 Å². The topological polar surface area (TPSA) is 91.8 Å². The molecule has 2 heterocycles. The lowest BCUT2D eigenvalue weighted by atomic mass is 9.99. The van der Waals surface area contributed by atoms with E-state index < -0.39 is 41.4 Å². The van der Waals surface area contributed by atoms with E-state index in [4.69, 9.17) is 37.6 Å². The molecular weight excluding hydrogens is 441 g/mol. The molecule has 2 rings (SSSR count). The van der Waals surface area contributed by atoms with Gasteiger partial charge >= 0.3 is 17.1 Å². The molecule has 0 saturated carbocycles. The molecule has 0 spiro atoms. The Labute approximate surface area is 181 Å². The summed E-state index contributed by atoms with van der Waals surface area (Å²) in [5.74, 6) is 2.29. The maximum absolute atomic E-state index is 13.1. The number of halogens is 3. The summed E-state index contributed by atoms with van der Waals surface area (Å²) >= 11 is 5.01. The van der Waals surface area contributed by atoms with Crippen LogP contribution in [0.1, 0.15) is 39.0 Å². The number of thiocarbonyl (C=S) groups is 1. The van der Waals surface area contributed by atoms with Crippen LogP contribution in [0.25, 0.3) is 0 Å². The second-order valence-corrected chi connectivity index (χ2v) is 8.37. The molecule has 0 aromatic carbocycles. The number of H-pyrrole nitrogens is 1. The highest BCUT2D eigenvalue weighted by molar-refractivity contribution is 7.79. The van der Waals surface area contributed by atoms with Crippen LogP contribution in [0.5, 0.6) is 0 Å². The molecule has 1 saturated heterocycles. The van der Waals surface area contributed by atoms with Gasteiger partial charge in [0.1, 0.15) is 31.1 Å². The van der Waals surface area contributed by atoms with Crippen molar-refractivity contribution in [3.63, 3.8) is 0 Å². The Balaban J connectivity index is 2.16. The van der Waals surface area contributed by atoms with E-state index in [1.54, 1.807) is 4.98 Å². The lowest BCUT2D eigenvalue weighted by Crippen LogP contribution is -2.36. The van der Waals surface area contributed by atoms with Gasteiger partial charge in [0.15, 0.2) is 0 Å². The van der Waals surface area contributed by atoms with Crippen LogP contribution in [0.15, 0.2) is 15.8 Å². The van der Waals surface area contributed by atoms with Gasteiger partial charge in [-0.2, -0.15) is 13.2 Å². The Bertz CT molecular complexity index is 944. The fourth-order valence-electron chi connectivity index (χ4n) is 2.72. The molecule has 1 fully saturated rings. The smallest absolute Gasteiger partial charge is 0.423 e. The van der Waals surface area contributed by atoms with Crippen molar-refractivity contribution >= 4 is 17.5 Å². The summed E-state index contributed by atoms with van der Waals surface area (Å²) in [5, 5.41) is -0.127. The number of nitrogens with zero attached hydrogens (tertiary/aromatic N) is 1. The zero-order valence-electron chi connectivity index (χ0n) is 17.2. The number of terminal acetylenes is 1. The standard InChI is InChI=1S/C19H23F3N2O6S/c1-5-6-27-12-7-14(24-8-11(19(20,21)22)15(25)23-16(24)26)30-13(12)9-28-17(31)29-10-18(2,3)4/h1,8,12-14H,6-7,9-10H2,2-4H3,(H,23,25,26)/t12-,13+,14+/m0/s1. The van der Waals surface area contributed by atoms with Crippen molar-refractivity contribution in [1.82, 2.24) is 9.55 Å². The number of ether oxygens (including phenoxy) is 4. The zero-order chi connectivity index (χ0) is 23.4. The van der Waals surface area contributed by atoms with Gasteiger partial charge < -0.3 is 18.9 Å². The third kappa shape index (κ3) is 7.09. The van der Waals surface area contributed by atoms with Crippen molar-refractivity contribution in [1.29, 1.82) is 0 Å². The maximum Gasteiger partial charge on any atom is 0.423 e. The summed E-state index contributed by atoms with van der Waals surface area (Å²) < 4.78 is 61.7. The van der Waals surface area contributed by atoms with Gasteiger partial charge in [-0.25, -0.2) is 4.79 Å². The van der Waals surface area contributed by atoms with E-state index in [9.17, 15) is 22.8 Å². The Hall–Kier alpha value is -2.36. The molecule has 172 valence electrons. The van der Waals surface area contributed by atoms with Crippen LogP contribution < -0.4 is 11.2 Å². The van der Waals surface area contributed by atoms with E-state index in [0.717, 1.165) is 0 Å². The third-order valence-electron chi connectivity index (χ3n) is 4.13. The number of nitrogens with one attached hydrogen (secondary N) is 1. The fourth-order valence-corrected chi connectivity index (χ4v) is 2.85. The van der Waals surface area contributed by atoms with E-state index in [2.05, 4.69) is 5.92 Å². The van der Waals surface area contributed by atoms with Gasteiger partial charge in [0.05, 0.1) is 12.7 Å². The normalized spacial score (nSPS) is 21.5. The van der Waals surface area contributed by atoms with Gasteiger partial charge in [0, 0.05) is 24.8 Å². The largest absolute Gasteiger partial charge is 0.456 e. The average Bonchev–Trinajstić information content (AvgIpc) is 3.04. The summed E-state index contributed by atoms with van der Waals surface area (Å²) in [5.41, 5.74) is -4.26. The van der Waals surface area contributed by atoms with Crippen LogP contribution >= 0.6 is 12.2 Å². The monoisotopic (exact) mass is 464 g/mol. The number of aromatic nitrogens is 2. The first kappa shape index (κ1) is 24.9. The maximum atomic E-state index is 13.1. The van der Waals surface area contributed by atoms with Crippen LogP contribution in [0.3, 0.4) is 0 Å². The van der Waals surface area contributed by atoms with Crippen molar-refractivity contribution in [2.45, 2.75) is 51.8 Å². The van der Waals surface area contributed by atoms with Crippen molar-refractivity contribution in [2.24, 2.45) is 5.41 Å². The molecule has 12 heteroatoms. The summed E-state index contributed by atoms with van der Waals surface area (Å²) in [7, 11) is 0. The second-order valence-electron chi connectivity index (χ2n) is 8.04. The summed E-state index contributed by atoms with van der Waals surface area (Å²) in [4.78, 5) is 25.3. The Morgan fingerprint density at radius 1 is 1.35 bits per heavy atom.